The minimum absolute atomic E-state index is 0.0681. The summed E-state index contributed by atoms with van der Waals surface area (Å²) in [5.41, 5.74) is 1.62. The molecular formula is C17H17FINO. The molecule has 0 saturated heterocycles. The lowest BCUT2D eigenvalue weighted by atomic mass is 10.1. The fourth-order valence-corrected chi connectivity index (χ4v) is 2.79. The number of benzene rings is 2. The van der Waals surface area contributed by atoms with Crippen molar-refractivity contribution in [3.05, 3.63) is 69.0 Å². The highest BCUT2D eigenvalue weighted by Crippen LogP contribution is 2.19. The first-order valence-electron chi connectivity index (χ1n) is 6.79. The first-order valence-corrected chi connectivity index (χ1v) is 7.87. The summed E-state index contributed by atoms with van der Waals surface area (Å²) in [7, 11) is 0. The van der Waals surface area contributed by atoms with Crippen molar-refractivity contribution in [3.63, 3.8) is 0 Å². The van der Waals surface area contributed by atoms with Gasteiger partial charge in [-0.05, 0) is 60.2 Å². The lowest BCUT2D eigenvalue weighted by molar-refractivity contribution is 0.0689. The highest BCUT2D eigenvalue weighted by Gasteiger charge is 2.21. The van der Waals surface area contributed by atoms with Crippen LogP contribution in [0.25, 0.3) is 0 Å². The lowest BCUT2D eigenvalue weighted by Gasteiger charge is -2.27. The number of carbonyl (C=O) groups is 1. The van der Waals surface area contributed by atoms with Crippen LogP contribution in [0.3, 0.4) is 0 Å². The second-order valence-electron chi connectivity index (χ2n) is 5.14. The Balaban J connectivity index is 2.27. The SMILES string of the molecule is CC(C)N(Cc1ccccc1)C(=O)c1ccc(F)cc1I. The van der Waals surface area contributed by atoms with Crippen molar-refractivity contribution in [1.29, 1.82) is 0 Å². The Bertz CT molecular complexity index is 628. The minimum atomic E-state index is -0.324. The zero-order chi connectivity index (χ0) is 15.4. The quantitative estimate of drug-likeness (QED) is 0.697. The van der Waals surface area contributed by atoms with Gasteiger partial charge < -0.3 is 4.90 Å². The Hall–Kier alpha value is -1.43. The molecule has 0 heterocycles. The van der Waals surface area contributed by atoms with Crippen LogP contribution in [0.4, 0.5) is 4.39 Å². The number of halogens is 2. The molecule has 0 N–H and O–H groups in total. The van der Waals surface area contributed by atoms with Crippen LogP contribution in [0.5, 0.6) is 0 Å². The molecule has 0 fully saturated rings. The summed E-state index contributed by atoms with van der Waals surface area (Å²) >= 11 is 2.00. The Morgan fingerprint density at radius 3 is 2.43 bits per heavy atom. The van der Waals surface area contributed by atoms with Crippen LogP contribution < -0.4 is 0 Å². The second kappa shape index (κ2) is 7.02. The summed E-state index contributed by atoms with van der Waals surface area (Å²) < 4.78 is 13.8. The first-order chi connectivity index (χ1) is 9.99. The molecule has 2 rings (SSSR count). The first kappa shape index (κ1) is 15.9. The predicted molar refractivity (Wildman–Crippen MR) is 90.6 cm³/mol. The number of hydrogen-bond acceptors (Lipinski definition) is 1. The smallest absolute Gasteiger partial charge is 0.255 e. The molecule has 110 valence electrons. The molecule has 4 heteroatoms. The standard InChI is InChI=1S/C17H17FINO/c1-12(2)20(11-13-6-4-3-5-7-13)17(21)15-9-8-14(18)10-16(15)19/h3-10,12H,11H2,1-2H3. The van der Waals surface area contributed by atoms with E-state index in [4.69, 9.17) is 0 Å². The third-order valence-electron chi connectivity index (χ3n) is 3.24. The normalized spacial score (nSPS) is 10.7. The molecule has 2 nitrogen and oxygen atoms in total. The highest BCUT2D eigenvalue weighted by atomic mass is 127. The van der Waals surface area contributed by atoms with Crippen molar-refractivity contribution in [1.82, 2.24) is 4.90 Å². The van der Waals surface area contributed by atoms with Crippen LogP contribution in [-0.2, 0) is 6.54 Å². The zero-order valence-electron chi connectivity index (χ0n) is 12.0. The average molecular weight is 397 g/mol. The van der Waals surface area contributed by atoms with Gasteiger partial charge >= 0.3 is 0 Å². The molecule has 0 bridgehead atoms. The zero-order valence-corrected chi connectivity index (χ0v) is 14.2. The van der Waals surface area contributed by atoms with E-state index in [9.17, 15) is 9.18 Å². The van der Waals surface area contributed by atoms with Gasteiger partial charge in [-0.1, -0.05) is 30.3 Å². The molecule has 0 atom stereocenters. The van der Waals surface area contributed by atoms with Gasteiger partial charge in [0, 0.05) is 16.2 Å². The van der Waals surface area contributed by atoms with E-state index in [1.165, 1.54) is 12.1 Å². The molecule has 0 aromatic heterocycles. The van der Waals surface area contributed by atoms with Crippen molar-refractivity contribution < 1.29 is 9.18 Å². The number of hydrogen-bond donors (Lipinski definition) is 0. The number of carbonyl (C=O) groups excluding carboxylic acids is 1. The van der Waals surface area contributed by atoms with Crippen molar-refractivity contribution in [2.75, 3.05) is 0 Å². The maximum atomic E-state index is 13.2. The monoisotopic (exact) mass is 397 g/mol. The Labute approximate surface area is 138 Å². The molecule has 0 spiro atoms. The van der Waals surface area contributed by atoms with E-state index in [0.29, 0.717) is 15.7 Å². The molecule has 0 aliphatic rings. The van der Waals surface area contributed by atoms with Gasteiger partial charge in [0.1, 0.15) is 5.82 Å². The third-order valence-corrected chi connectivity index (χ3v) is 4.13. The van der Waals surface area contributed by atoms with E-state index in [1.54, 1.807) is 11.0 Å². The molecule has 0 aliphatic carbocycles. The van der Waals surface area contributed by atoms with Gasteiger partial charge in [0.05, 0.1) is 5.56 Å². The van der Waals surface area contributed by atoms with Crippen molar-refractivity contribution >= 4 is 28.5 Å². The fraction of sp³-hybridized carbons (Fsp3) is 0.235. The summed E-state index contributed by atoms with van der Waals surface area (Å²) in [6, 6.07) is 14.2. The Morgan fingerprint density at radius 2 is 1.86 bits per heavy atom. The van der Waals surface area contributed by atoms with Crippen LogP contribution in [0.1, 0.15) is 29.8 Å². The van der Waals surface area contributed by atoms with Gasteiger partial charge in [0.2, 0.25) is 0 Å². The molecule has 0 aliphatic heterocycles. The van der Waals surface area contributed by atoms with Crippen LogP contribution >= 0.6 is 22.6 Å². The van der Waals surface area contributed by atoms with Gasteiger partial charge in [-0.15, -0.1) is 0 Å². The second-order valence-corrected chi connectivity index (χ2v) is 6.30. The van der Waals surface area contributed by atoms with E-state index in [0.717, 1.165) is 5.56 Å². The van der Waals surface area contributed by atoms with Gasteiger partial charge in [-0.2, -0.15) is 0 Å². The van der Waals surface area contributed by atoms with Crippen LogP contribution in [0.2, 0.25) is 0 Å². The number of rotatable bonds is 4. The summed E-state index contributed by atoms with van der Waals surface area (Å²) in [6.07, 6.45) is 0. The Kier molecular flexibility index (Phi) is 5.33. The largest absolute Gasteiger partial charge is 0.332 e. The van der Waals surface area contributed by atoms with E-state index >= 15 is 0 Å². The maximum absolute atomic E-state index is 13.2. The van der Waals surface area contributed by atoms with Crippen molar-refractivity contribution in [3.8, 4) is 0 Å². The van der Waals surface area contributed by atoms with Gasteiger partial charge in [-0.3, -0.25) is 4.79 Å². The average Bonchev–Trinajstić information content (AvgIpc) is 2.45. The molecule has 1 amide bonds. The third kappa shape index (κ3) is 4.03. The maximum Gasteiger partial charge on any atom is 0.255 e. The molecule has 0 radical (unpaired) electrons. The molecule has 21 heavy (non-hydrogen) atoms. The van der Waals surface area contributed by atoms with Gasteiger partial charge in [-0.25, -0.2) is 4.39 Å². The van der Waals surface area contributed by atoms with Crippen LogP contribution in [0.15, 0.2) is 48.5 Å². The molecular weight excluding hydrogens is 380 g/mol. The summed E-state index contributed by atoms with van der Waals surface area (Å²) in [5.74, 6) is -0.395. The van der Waals surface area contributed by atoms with Crippen molar-refractivity contribution in [2.24, 2.45) is 0 Å². The number of nitrogens with zero attached hydrogens (tertiary/aromatic N) is 1. The van der Waals surface area contributed by atoms with Crippen LogP contribution in [-0.4, -0.2) is 16.8 Å². The lowest BCUT2D eigenvalue weighted by Crippen LogP contribution is -2.36. The minimum Gasteiger partial charge on any atom is -0.332 e. The topological polar surface area (TPSA) is 20.3 Å². The predicted octanol–water partition coefficient (Wildman–Crippen LogP) is 4.48. The molecule has 2 aromatic rings. The molecule has 0 unspecified atom stereocenters. The van der Waals surface area contributed by atoms with Gasteiger partial charge in [0.15, 0.2) is 0 Å². The number of amides is 1. The summed E-state index contributed by atoms with van der Waals surface area (Å²) in [6.45, 7) is 4.51. The van der Waals surface area contributed by atoms with Crippen molar-refractivity contribution in [2.45, 2.75) is 26.4 Å². The van der Waals surface area contributed by atoms with E-state index < -0.39 is 0 Å². The Morgan fingerprint density at radius 1 is 1.19 bits per heavy atom. The van der Waals surface area contributed by atoms with E-state index in [-0.39, 0.29) is 17.8 Å². The summed E-state index contributed by atoms with van der Waals surface area (Å²) in [4.78, 5) is 14.5. The van der Waals surface area contributed by atoms with E-state index in [2.05, 4.69) is 0 Å². The summed E-state index contributed by atoms with van der Waals surface area (Å²) in [5, 5.41) is 0. The van der Waals surface area contributed by atoms with Gasteiger partial charge in [0.25, 0.3) is 5.91 Å². The van der Waals surface area contributed by atoms with Crippen LogP contribution in [0, 0.1) is 9.39 Å². The highest BCUT2D eigenvalue weighted by molar-refractivity contribution is 14.1. The molecule has 2 aromatic carbocycles. The van der Waals surface area contributed by atoms with E-state index in [1.807, 2.05) is 66.8 Å². The fourth-order valence-electron chi connectivity index (χ4n) is 2.09. The molecule has 0 saturated carbocycles.